The van der Waals surface area contributed by atoms with E-state index in [1.54, 1.807) is 4.90 Å². The van der Waals surface area contributed by atoms with Gasteiger partial charge in [-0.25, -0.2) is 17.6 Å². The first-order chi connectivity index (χ1) is 15.8. The van der Waals surface area contributed by atoms with Crippen molar-refractivity contribution in [2.24, 2.45) is 5.92 Å². The van der Waals surface area contributed by atoms with Crippen LogP contribution in [0.15, 0.2) is 47.4 Å². The van der Waals surface area contributed by atoms with Gasteiger partial charge in [0, 0.05) is 26.2 Å². The third-order valence-electron chi connectivity index (χ3n) is 5.83. The molecule has 1 fully saturated rings. The van der Waals surface area contributed by atoms with Crippen LogP contribution in [0.4, 0.5) is 9.18 Å². The Morgan fingerprint density at radius 2 is 1.70 bits per heavy atom. The van der Waals surface area contributed by atoms with Gasteiger partial charge in [-0.05, 0) is 41.8 Å². The van der Waals surface area contributed by atoms with E-state index < -0.39 is 15.8 Å². The smallest absolute Gasteiger partial charge is 0.317 e. The average Bonchev–Trinajstić information content (AvgIpc) is 2.82. The number of nitrogens with one attached hydrogen (secondary N) is 1. The zero-order valence-corrected chi connectivity index (χ0v) is 19.5. The zero-order chi connectivity index (χ0) is 23.6. The molecule has 0 aromatic heterocycles. The Morgan fingerprint density at radius 1 is 1.00 bits per heavy atom. The topological polar surface area (TPSA) is 88.2 Å². The van der Waals surface area contributed by atoms with E-state index >= 15 is 0 Å². The number of nitrogens with zero attached hydrogens (tertiary/aromatic N) is 2. The lowest BCUT2D eigenvalue weighted by molar-refractivity contribution is 0.165. The maximum absolute atomic E-state index is 13.5. The predicted molar refractivity (Wildman–Crippen MR) is 120 cm³/mol. The summed E-state index contributed by atoms with van der Waals surface area (Å²) >= 11 is 0. The molecule has 2 aromatic rings. The van der Waals surface area contributed by atoms with Gasteiger partial charge >= 0.3 is 6.03 Å². The van der Waals surface area contributed by atoms with E-state index in [0.29, 0.717) is 24.7 Å². The second-order valence-corrected chi connectivity index (χ2v) is 10.4. The van der Waals surface area contributed by atoms with Crippen LogP contribution in [0.2, 0.25) is 0 Å². The van der Waals surface area contributed by atoms with Gasteiger partial charge in [0.2, 0.25) is 10.0 Å². The third kappa shape index (κ3) is 5.06. The summed E-state index contributed by atoms with van der Waals surface area (Å²) in [4.78, 5) is 14.5. The minimum absolute atomic E-state index is 0.0844. The highest BCUT2D eigenvalue weighted by atomic mass is 32.2. The van der Waals surface area contributed by atoms with E-state index in [2.05, 4.69) is 5.32 Å². The number of rotatable bonds is 5. The highest BCUT2D eigenvalue weighted by molar-refractivity contribution is 7.89. The molecule has 0 saturated carbocycles. The molecule has 2 aromatic carbocycles. The minimum atomic E-state index is -3.81. The van der Waals surface area contributed by atoms with Crippen molar-refractivity contribution in [2.45, 2.75) is 24.8 Å². The van der Waals surface area contributed by atoms with Crippen LogP contribution >= 0.6 is 0 Å². The lowest BCUT2D eigenvalue weighted by atomic mass is 9.95. The van der Waals surface area contributed by atoms with E-state index in [9.17, 15) is 17.6 Å². The van der Waals surface area contributed by atoms with E-state index in [1.165, 1.54) is 22.5 Å². The molecule has 0 unspecified atom stereocenters. The summed E-state index contributed by atoms with van der Waals surface area (Å²) < 4.78 is 51.6. The van der Waals surface area contributed by atoms with Crippen LogP contribution in [0, 0.1) is 11.7 Å². The first-order valence-electron chi connectivity index (χ1n) is 11.0. The number of sulfonamides is 1. The van der Waals surface area contributed by atoms with Crippen molar-refractivity contribution in [2.75, 3.05) is 39.4 Å². The molecule has 1 N–H and O–H groups in total. The summed E-state index contributed by atoms with van der Waals surface area (Å²) in [5.41, 5.74) is 0.912. The molecule has 0 aliphatic carbocycles. The summed E-state index contributed by atoms with van der Waals surface area (Å²) in [6, 6.07) is 10.1. The quantitative estimate of drug-likeness (QED) is 0.715. The van der Waals surface area contributed by atoms with Crippen LogP contribution in [0.1, 0.15) is 25.5 Å². The van der Waals surface area contributed by atoms with Crippen molar-refractivity contribution in [1.82, 2.24) is 14.5 Å². The summed E-state index contributed by atoms with van der Waals surface area (Å²) in [7, 11) is -3.81. The molecule has 0 spiro atoms. The number of carbonyl (C=O) groups excluding carboxylic acids is 1. The maximum atomic E-state index is 13.5. The number of hydrogen-bond donors (Lipinski definition) is 1. The summed E-state index contributed by atoms with van der Waals surface area (Å²) in [5.74, 6) is 0.864. The maximum Gasteiger partial charge on any atom is 0.317 e. The monoisotopic (exact) mass is 477 g/mol. The van der Waals surface area contributed by atoms with E-state index in [4.69, 9.17) is 9.47 Å². The van der Waals surface area contributed by atoms with Gasteiger partial charge in [0.05, 0.1) is 10.9 Å². The van der Waals surface area contributed by atoms with Gasteiger partial charge in [0.15, 0.2) is 11.5 Å². The van der Waals surface area contributed by atoms with Crippen molar-refractivity contribution in [3.8, 4) is 11.5 Å². The second-order valence-electron chi connectivity index (χ2n) is 8.42. The van der Waals surface area contributed by atoms with Gasteiger partial charge in [-0.1, -0.05) is 26.0 Å². The first kappa shape index (κ1) is 23.3. The fourth-order valence-corrected chi connectivity index (χ4v) is 5.47. The third-order valence-corrected chi connectivity index (χ3v) is 7.73. The number of benzene rings is 2. The fourth-order valence-electron chi connectivity index (χ4n) is 4.02. The summed E-state index contributed by atoms with van der Waals surface area (Å²) in [6.07, 6.45) is 0. The van der Waals surface area contributed by atoms with Crippen LogP contribution in [-0.2, 0) is 10.0 Å². The standard InChI is InChI=1S/C23H28FN3O5S/c1-16(2)22(17-6-7-20-21(14-17)32-13-12-31-20)25-23(28)26-8-10-27(11-9-26)33(29,30)19-5-3-4-18(24)15-19/h3-7,14-16,22H,8-13H2,1-2H3,(H,25,28)/t22-/m1/s1. The molecule has 33 heavy (non-hydrogen) atoms. The molecule has 4 rings (SSSR count). The Labute approximate surface area is 193 Å². The van der Waals surface area contributed by atoms with Crippen molar-refractivity contribution < 1.29 is 27.1 Å². The van der Waals surface area contributed by atoms with Crippen molar-refractivity contribution in [3.05, 3.63) is 53.8 Å². The van der Waals surface area contributed by atoms with Crippen molar-refractivity contribution >= 4 is 16.1 Å². The number of carbonyl (C=O) groups is 1. The van der Waals surface area contributed by atoms with E-state index in [-0.39, 0.29) is 49.1 Å². The summed E-state index contributed by atoms with van der Waals surface area (Å²) in [6.45, 7) is 5.80. The molecule has 2 heterocycles. The van der Waals surface area contributed by atoms with Crippen molar-refractivity contribution in [1.29, 1.82) is 0 Å². The molecule has 8 nitrogen and oxygen atoms in total. The molecule has 2 aliphatic rings. The fraction of sp³-hybridized carbons (Fsp3) is 0.435. The Kier molecular flexibility index (Phi) is 6.76. The van der Waals surface area contributed by atoms with Gasteiger partial charge in [-0.3, -0.25) is 0 Å². The van der Waals surface area contributed by atoms with Gasteiger partial charge in [0.1, 0.15) is 19.0 Å². The molecule has 2 amide bonds. The minimum Gasteiger partial charge on any atom is -0.486 e. The normalized spacial score (nSPS) is 17.6. The number of urea groups is 1. The molecule has 0 bridgehead atoms. The Morgan fingerprint density at radius 3 is 2.36 bits per heavy atom. The number of ether oxygens (including phenoxy) is 2. The van der Waals surface area contributed by atoms with Gasteiger partial charge in [-0.15, -0.1) is 0 Å². The van der Waals surface area contributed by atoms with Crippen LogP contribution < -0.4 is 14.8 Å². The Balaban J connectivity index is 1.40. The molecular formula is C23H28FN3O5S. The van der Waals surface area contributed by atoms with Crippen LogP contribution in [0.25, 0.3) is 0 Å². The number of piperazine rings is 1. The number of fused-ring (bicyclic) bond motifs is 1. The van der Waals surface area contributed by atoms with Crippen LogP contribution in [0.5, 0.6) is 11.5 Å². The van der Waals surface area contributed by atoms with E-state index in [0.717, 1.165) is 11.6 Å². The molecule has 178 valence electrons. The zero-order valence-electron chi connectivity index (χ0n) is 18.7. The van der Waals surface area contributed by atoms with Crippen molar-refractivity contribution in [3.63, 3.8) is 0 Å². The lowest BCUT2D eigenvalue weighted by Gasteiger charge is -2.35. The number of halogens is 1. The Hall–Kier alpha value is -2.85. The van der Waals surface area contributed by atoms with Gasteiger partial charge in [0.25, 0.3) is 0 Å². The first-order valence-corrected chi connectivity index (χ1v) is 12.4. The molecule has 2 aliphatic heterocycles. The largest absolute Gasteiger partial charge is 0.486 e. The lowest BCUT2D eigenvalue weighted by Crippen LogP contribution is -2.53. The SMILES string of the molecule is CC(C)[C@@H](NC(=O)N1CCN(S(=O)(=O)c2cccc(F)c2)CC1)c1ccc2c(c1)OCCO2. The van der Waals surface area contributed by atoms with Crippen LogP contribution in [-0.4, -0.2) is 63.0 Å². The number of amides is 2. The highest BCUT2D eigenvalue weighted by Gasteiger charge is 2.31. The molecular weight excluding hydrogens is 449 g/mol. The van der Waals surface area contributed by atoms with Gasteiger partial charge < -0.3 is 19.7 Å². The number of hydrogen-bond acceptors (Lipinski definition) is 5. The molecule has 10 heteroatoms. The van der Waals surface area contributed by atoms with Gasteiger partial charge in [-0.2, -0.15) is 4.31 Å². The summed E-state index contributed by atoms with van der Waals surface area (Å²) in [5, 5.41) is 3.08. The molecule has 1 saturated heterocycles. The molecule has 1 atom stereocenters. The van der Waals surface area contributed by atoms with Crippen LogP contribution in [0.3, 0.4) is 0 Å². The van der Waals surface area contributed by atoms with E-state index in [1.807, 2.05) is 32.0 Å². The Bertz CT molecular complexity index is 1120. The highest BCUT2D eigenvalue weighted by Crippen LogP contribution is 2.34. The average molecular weight is 478 g/mol. The predicted octanol–water partition coefficient (Wildman–Crippen LogP) is 3.01. The molecule has 0 radical (unpaired) electrons. The second kappa shape index (κ2) is 9.56.